The fourth-order valence-corrected chi connectivity index (χ4v) is 4.09. The van der Waals surface area contributed by atoms with Gasteiger partial charge in [-0.05, 0) is 70.0 Å². The summed E-state index contributed by atoms with van der Waals surface area (Å²) in [5.74, 6) is 0.828. The van der Waals surface area contributed by atoms with Gasteiger partial charge in [0.25, 0.3) is 0 Å². The lowest BCUT2D eigenvalue weighted by atomic mass is 9.85. The van der Waals surface area contributed by atoms with E-state index < -0.39 is 11.7 Å². The molecule has 2 unspecified atom stereocenters. The van der Waals surface area contributed by atoms with Gasteiger partial charge in [0, 0.05) is 16.6 Å². The molecule has 1 aromatic heterocycles. The van der Waals surface area contributed by atoms with Gasteiger partial charge in [0.1, 0.15) is 17.5 Å². The maximum Gasteiger partial charge on any atom is 0.131 e. The van der Waals surface area contributed by atoms with E-state index in [1.807, 2.05) is 26.8 Å². The molecule has 146 valence electrons. The van der Waals surface area contributed by atoms with E-state index >= 15 is 0 Å². The van der Waals surface area contributed by atoms with Crippen LogP contribution in [0.4, 0.5) is 0 Å². The molecule has 0 saturated carbocycles. The average molecular weight is 377 g/mol. The highest BCUT2D eigenvalue weighted by atomic mass is 16.5. The minimum atomic E-state index is -0.670. The van der Waals surface area contributed by atoms with E-state index in [9.17, 15) is 5.11 Å². The van der Waals surface area contributed by atoms with Gasteiger partial charge in [-0.3, -0.25) is 4.98 Å². The zero-order valence-electron chi connectivity index (χ0n) is 17.0. The first-order valence-electron chi connectivity index (χ1n) is 9.91. The van der Waals surface area contributed by atoms with E-state index in [2.05, 4.69) is 54.7 Å². The van der Waals surface area contributed by atoms with Crippen LogP contribution in [0.5, 0.6) is 5.75 Å². The van der Waals surface area contributed by atoms with Gasteiger partial charge in [-0.15, -0.1) is 0 Å². The molecule has 2 aromatic carbocycles. The Labute approximate surface area is 166 Å². The van der Waals surface area contributed by atoms with Crippen LogP contribution in [-0.2, 0) is 6.42 Å². The molecule has 0 fully saturated rings. The number of ether oxygens (including phenoxy) is 1. The molecular weight excluding hydrogens is 348 g/mol. The first kappa shape index (κ1) is 18.9. The van der Waals surface area contributed by atoms with Gasteiger partial charge in [0.05, 0.1) is 11.6 Å². The molecule has 3 aromatic rings. The number of hydrogen-bond acceptors (Lipinski definition) is 4. The molecule has 4 nitrogen and oxygen atoms in total. The minimum Gasteiger partial charge on any atom is -0.485 e. The first-order chi connectivity index (χ1) is 13.3. The van der Waals surface area contributed by atoms with E-state index in [0.29, 0.717) is 0 Å². The molecule has 0 radical (unpaired) electrons. The predicted molar refractivity (Wildman–Crippen MR) is 113 cm³/mol. The third-order valence-electron chi connectivity index (χ3n) is 5.63. The molecule has 0 aliphatic carbocycles. The van der Waals surface area contributed by atoms with Gasteiger partial charge >= 0.3 is 0 Å². The number of hydrogen-bond donors (Lipinski definition) is 2. The fraction of sp³-hybridized carbons (Fsp3) is 0.375. The minimum absolute atomic E-state index is 0.200. The monoisotopic (exact) mass is 376 g/mol. The SMILES string of the molecule is Cc1cc(C)c2cc3c(cc2n1)C(NCCc1ccccc1)C(O)C(C)(C)O3. The molecule has 0 saturated heterocycles. The van der Waals surface area contributed by atoms with Crippen LogP contribution < -0.4 is 10.1 Å². The number of benzene rings is 2. The Kier molecular flexibility index (Phi) is 4.86. The van der Waals surface area contributed by atoms with Gasteiger partial charge in [-0.2, -0.15) is 0 Å². The summed E-state index contributed by atoms with van der Waals surface area (Å²) in [5, 5.41) is 15.7. The van der Waals surface area contributed by atoms with Crippen molar-refractivity contribution < 1.29 is 9.84 Å². The zero-order chi connectivity index (χ0) is 19.9. The summed E-state index contributed by atoms with van der Waals surface area (Å²) in [6, 6.07) is 16.4. The molecule has 0 spiro atoms. The first-order valence-corrected chi connectivity index (χ1v) is 9.91. The number of fused-ring (bicyclic) bond motifs is 2. The van der Waals surface area contributed by atoms with Crippen molar-refractivity contribution >= 4 is 10.9 Å². The average Bonchev–Trinajstić information content (AvgIpc) is 2.65. The molecule has 2 atom stereocenters. The van der Waals surface area contributed by atoms with Gasteiger partial charge < -0.3 is 15.2 Å². The summed E-state index contributed by atoms with van der Waals surface area (Å²) in [6.45, 7) is 8.77. The van der Waals surface area contributed by atoms with Crippen LogP contribution in [0, 0.1) is 13.8 Å². The molecule has 0 amide bonds. The molecule has 2 heterocycles. The predicted octanol–water partition coefficient (Wildman–Crippen LogP) is 4.26. The second kappa shape index (κ2) is 7.19. The highest BCUT2D eigenvalue weighted by molar-refractivity contribution is 5.85. The Bertz CT molecular complexity index is 998. The second-order valence-electron chi connectivity index (χ2n) is 8.31. The maximum absolute atomic E-state index is 11.0. The van der Waals surface area contributed by atoms with Gasteiger partial charge in [-0.25, -0.2) is 0 Å². The zero-order valence-corrected chi connectivity index (χ0v) is 17.0. The third-order valence-corrected chi connectivity index (χ3v) is 5.63. The molecule has 4 rings (SSSR count). The van der Waals surface area contributed by atoms with Crippen molar-refractivity contribution in [1.29, 1.82) is 0 Å². The van der Waals surface area contributed by atoms with Crippen molar-refractivity contribution in [2.75, 3.05) is 6.54 Å². The second-order valence-corrected chi connectivity index (χ2v) is 8.31. The number of rotatable bonds is 4. The maximum atomic E-state index is 11.0. The Hall–Kier alpha value is -2.43. The Morgan fingerprint density at radius 2 is 1.86 bits per heavy atom. The normalized spacial score (nSPS) is 20.6. The Morgan fingerprint density at radius 3 is 2.61 bits per heavy atom. The lowest BCUT2D eigenvalue weighted by molar-refractivity contribution is -0.0642. The molecular formula is C24H28N2O2. The third kappa shape index (κ3) is 3.50. The Balaban J connectivity index is 1.68. The van der Waals surface area contributed by atoms with Crippen LogP contribution >= 0.6 is 0 Å². The van der Waals surface area contributed by atoms with Crippen LogP contribution in [0.25, 0.3) is 10.9 Å². The van der Waals surface area contributed by atoms with Crippen molar-refractivity contribution in [2.45, 2.75) is 51.9 Å². The largest absolute Gasteiger partial charge is 0.485 e. The summed E-state index contributed by atoms with van der Waals surface area (Å²) in [6.07, 6.45) is 0.254. The number of nitrogens with one attached hydrogen (secondary N) is 1. The van der Waals surface area contributed by atoms with Crippen LogP contribution in [0.3, 0.4) is 0 Å². The van der Waals surface area contributed by atoms with Crippen molar-refractivity contribution in [3.63, 3.8) is 0 Å². The molecule has 2 N–H and O–H groups in total. The number of aromatic nitrogens is 1. The number of pyridine rings is 1. The summed E-state index contributed by atoms with van der Waals surface area (Å²) >= 11 is 0. The number of nitrogens with zero attached hydrogens (tertiary/aromatic N) is 1. The topological polar surface area (TPSA) is 54.4 Å². The van der Waals surface area contributed by atoms with E-state index in [0.717, 1.165) is 40.9 Å². The highest BCUT2D eigenvalue weighted by Gasteiger charge is 2.42. The van der Waals surface area contributed by atoms with Crippen LogP contribution in [0.2, 0.25) is 0 Å². The standard InChI is InChI=1S/C24H28N2O2/c1-15-12-16(2)26-20-13-19-21(14-18(15)20)28-24(3,4)23(27)22(19)25-11-10-17-8-6-5-7-9-17/h5-9,12-14,22-23,25,27H,10-11H2,1-4H3. The lowest BCUT2D eigenvalue weighted by Gasteiger charge is -2.42. The molecule has 1 aliphatic rings. The quantitative estimate of drug-likeness (QED) is 0.714. The van der Waals surface area contributed by atoms with Crippen molar-refractivity contribution in [1.82, 2.24) is 10.3 Å². The van der Waals surface area contributed by atoms with Crippen molar-refractivity contribution in [3.05, 3.63) is 70.9 Å². The molecule has 4 heteroatoms. The van der Waals surface area contributed by atoms with E-state index in [4.69, 9.17) is 9.72 Å². The van der Waals surface area contributed by atoms with E-state index in [-0.39, 0.29) is 6.04 Å². The van der Waals surface area contributed by atoms with E-state index in [1.165, 1.54) is 11.1 Å². The summed E-state index contributed by atoms with van der Waals surface area (Å²) in [5.41, 5.74) is 4.72. The lowest BCUT2D eigenvalue weighted by Crippen LogP contribution is -2.52. The summed E-state index contributed by atoms with van der Waals surface area (Å²) in [7, 11) is 0. The summed E-state index contributed by atoms with van der Waals surface area (Å²) < 4.78 is 6.20. The molecule has 1 aliphatic heterocycles. The van der Waals surface area contributed by atoms with Crippen LogP contribution in [0.15, 0.2) is 48.5 Å². The fourth-order valence-electron chi connectivity index (χ4n) is 4.09. The van der Waals surface area contributed by atoms with Gasteiger partial charge in [-0.1, -0.05) is 30.3 Å². The molecule has 0 bridgehead atoms. The van der Waals surface area contributed by atoms with Crippen LogP contribution in [-0.4, -0.2) is 28.3 Å². The summed E-state index contributed by atoms with van der Waals surface area (Å²) in [4.78, 5) is 4.70. The molecule has 28 heavy (non-hydrogen) atoms. The Morgan fingerprint density at radius 1 is 1.11 bits per heavy atom. The van der Waals surface area contributed by atoms with Crippen LogP contribution in [0.1, 0.15) is 42.3 Å². The van der Waals surface area contributed by atoms with Gasteiger partial charge in [0.2, 0.25) is 0 Å². The van der Waals surface area contributed by atoms with Gasteiger partial charge in [0.15, 0.2) is 0 Å². The highest BCUT2D eigenvalue weighted by Crippen LogP contribution is 2.42. The smallest absolute Gasteiger partial charge is 0.131 e. The number of aryl methyl sites for hydroxylation is 2. The number of aliphatic hydroxyl groups is 1. The van der Waals surface area contributed by atoms with Crippen molar-refractivity contribution in [2.24, 2.45) is 0 Å². The number of aliphatic hydroxyl groups excluding tert-OH is 1. The van der Waals surface area contributed by atoms with Crippen molar-refractivity contribution in [3.8, 4) is 5.75 Å². The van der Waals surface area contributed by atoms with E-state index in [1.54, 1.807) is 0 Å².